The third kappa shape index (κ3) is 4.10. The second kappa shape index (κ2) is 7.42. The molecule has 1 aromatic rings. The molecule has 1 atom stereocenters. The molecule has 0 saturated carbocycles. The number of likely N-dealkylation sites (tertiary alicyclic amines) is 1. The van der Waals surface area contributed by atoms with Crippen molar-refractivity contribution >= 4 is 15.9 Å². The normalized spacial score (nSPS) is 18.4. The van der Waals surface area contributed by atoms with Crippen LogP contribution in [0.3, 0.4) is 0 Å². The zero-order chi connectivity index (χ0) is 17.0. The molecule has 0 bridgehead atoms. The molecule has 23 heavy (non-hydrogen) atoms. The Hall–Kier alpha value is -1.44. The summed E-state index contributed by atoms with van der Waals surface area (Å²) >= 11 is 0. The Morgan fingerprint density at radius 2 is 2.13 bits per heavy atom. The number of hydrogen-bond donors (Lipinski definition) is 2. The summed E-state index contributed by atoms with van der Waals surface area (Å²) in [7, 11) is -1.65. The zero-order valence-corrected chi connectivity index (χ0v) is 14.7. The average Bonchev–Trinajstić information content (AvgIpc) is 2.96. The largest absolute Gasteiger partial charge is 0.338 e. The van der Waals surface area contributed by atoms with Crippen molar-refractivity contribution in [1.82, 2.24) is 14.9 Å². The fourth-order valence-corrected chi connectivity index (χ4v) is 3.98. The lowest BCUT2D eigenvalue weighted by Gasteiger charge is -2.18. The van der Waals surface area contributed by atoms with Gasteiger partial charge in [-0.15, -0.1) is 0 Å². The number of nitrogens with zero attached hydrogens (tertiary/aromatic N) is 1. The van der Waals surface area contributed by atoms with Crippen LogP contribution in [0.25, 0.3) is 0 Å². The van der Waals surface area contributed by atoms with Gasteiger partial charge in [-0.05, 0) is 50.6 Å². The van der Waals surface area contributed by atoms with Crippen LogP contribution in [0.2, 0.25) is 0 Å². The van der Waals surface area contributed by atoms with Gasteiger partial charge < -0.3 is 10.2 Å². The summed E-state index contributed by atoms with van der Waals surface area (Å²) in [5, 5.41) is 3.14. The van der Waals surface area contributed by atoms with Crippen LogP contribution in [0.4, 0.5) is 0 Å². The minimum atomic E-state index is -3.56. The molecule has 1 amide bonds. The highest BCUT2D eigenvalue weighted by Crippen LogP contribution is 2.22. The first-order valence-electron chi connectivity index (χ1n) is 7.93. The molecule has 1 saturated heterocycles. The third-order valence-electron chi connectivity index (χ3n) is 4.15. The molecule has 2 N–H and O–H groups in total. The second-order valence-electron chi connectivity index (χ2n) is 5.94. The van der Waals surface area contributed by atoms with Gasteiger partial charge in [-0.25, -0.2) is 13.1 Å². The minimum absolute atomic E-state index is 0.0883. The molecule has 0 aliphatic carbocycles. The van der Waals surface area contributed by atoms with Crippen molar-refractivity contribution < 1.29 is 13.2 Å². The van der Waals surface area contributed by atoms with Gasteiger partial charge in [0.2, 0.25) is 10.0 Å². The molecule has 1 aromatic carbocycles. The van der Waals surface area contributed by atoms with Gasteiger partial charge in [0.1, 0.15) is 0 Å². The van der Waals surface area contributed by atoms with E-state index in [4.69, 9.17) is 0 Å². The molecule has 1 unspecified atom stereocenters. The first-order valence-corrected chi connectivity index (χ1v) is 9.41. The van der Waals surface area contributed by atoms with E-state index in [0.29, 0.717) is 24.6 Å². The monoisotopic (exact) mass is 339 g/mol. The van der Waals surface area contributed by atoms with Crippen LogP contribution in [0.1, 0.15) is 29.3 Å². The van der Waals surface area contributed by atoms with Crippen molar-refractivity contribution in [3.63, 3.8) is 0 Å². The highest BCUT2D eigenvalue weighted by atomic mass is 32.2. The molecule has 6 nitrogen and oxygen atoms in total. The first kappa shape index (κ1) is 17.9. The number of carbonyl (C=O) groups excluding carboxylic acids is 1. The van der Waals surface area contributed by atoms with Crippen LogP contribution in [0.15, 0.2) is 23.1 Å². The maximum absolute atomic E-state index is 12.7. The Morgan fingerprint density at radius 1 is 1.39 bits per heavy atom. The Bertz CT molecular complexity index is 673. The van der Waals surface area contributed by atoms with E-state index in [9.17, 15) is 13.2 Å². The molecule has 1 heterocycles. The summed E-state index contributed by atoms with van der Waals surface area (Å²) in [5.74, 6) is 0.368. The van der Waals surface area contributed by atoms with Gasteiger partial charge in [-0.3, -0.25) is 4.79 Å². The standard InChI is InChI=1S/C16H25N3O3S/c1-4-18-23(21,22)14-6-5-12(2)15(9-14)16(20)19-8-7-13(11-19)10-17-3/h5-6,9,13,17-18H,4,7-8,10-11H2,1-3H3. The van der Waals surface area contributed by atoms with Crippen LogP contribution in [-0.4, -0.2) is 52.5 Å². The summed E-state index contributed by atoms with van der Waals surface area (Å²) in [6, 6.07) is 4.72. The lowest BCUT2D eigenvalue weighted by atomic mass is 10.1. The Kier molecular flexibility index (Phi) is 5.78. The summed E-state index contributed by atoms with van der Waals surface area (Å²) in [6.45, 7) is 6.19. The number of benzene rings is 1. The Morgan fingerprint density at radius 3 is 2.78 bits per heavy atom. The lowest BCUT2D eigenvalue weighted by Crippen LogP contribution is -2.31. The molecule has 1 aliphatic rings. The SMILES string of the molecule is CCNS(=O)(=O)c1ccc(C)c(C(=O)N2CCC(CNC)C2)c1. The Balaban J connectivity index is 2.24. The summed E-state index contributed by atoms with van der Waals surface area (Å²) in [4.78, 5) is 14.7. The number of sulfonamides is 1. The number of nitrogens with one attached hydrogen (secondary N) is 2. The van der Waals surface area contributed by atoms with Gasteiger partial charge in [-0.1, -0.05) is 13.0 Å². The Labute approximate surface area is 138 Å². The molecular weight excluding hydrogens is 314 g/mol. The van der Waals surface area contributed by atoms with Gasteiger partial charge in [0.05, 0.1) is 4.90 Å². The number of carbonyl (C=O) groups is 1. The smallest absolute Gasteiger partial charge is 0.254 e. The van der Waals surface area contributed by atoms with Crippen molar-refractivity contribution in [1.29, 1.82) is 0 Å². The average molecular weight is 339 g/mol. The highest BCUT2D eigenvalue weighted by Gasteiger charge is 2.28. The van der Waals surface area contributed by atoms with Gasteiger partial charge >= 0.3 is 0 Å². The van der Waals surface area contributed by atoms with E-state index in [1.165, 1.54) is 12.1 Å². The number of hydrogen-bond acceptors (Lipinski definition) is 4. The maximum Gasteiger partial charge on any atom is 0.254 e. The zero-order valence-electron chi connectivity index (χ0n) is 13.9. The van der Waals surface area contributed by atoms with E-state index in [2.05, 4.69) is 10.0 Å². The van der Waals surface area contributed by atoms with Crippen molar-refractivity contribution in [2.75, 3.05) is 33.2 Å². The van der Waals surface area contributed by atoms with Crippen molar-refractivity contribution in [3.05, 3.63) is 29.3 Å². The van der Waals surface area contributed by atoms with Gasteiger partial charge in [0.25, 0.3) is 5.91 Å². The van der Waals surface area contributed by atoms with Crippen LogP contribution in [0.5, 0.6) is 0 Å². The molecule has 0 spiro atoms. The van der Waals surface area contributed by atoms with E-state index in [1.807, 2.05) is 18.9 Å². The van der Waals surface area contributed by atoms with E-state index >= 15 is 0 Å². The van der Waals surface area contributed by atoms with Gasteiger partial charge in [0, 0.05) is 25.2 Å². The first-order chi connectivity index (χ1) is 10.9. The highest BCUT2D eigenvalue weighted by molar-refractivity contribution is 7.89. The van der Waals surface area contributed by atoms with E-state index in [1.54, 1.807) is 13.0 Å². The van der Waals surface area contributed by atoms with Crippen molar-refractivity contribution in [2.24, 2.45) is 5.92 Å². The topological polar surface area (TPSA) is 78.5 Å². The fraction of sp³-hybridized carbons (Fsp3) is 0.562. The van der Waals surface area contributed by atoms with Crippen LogP contribution >= 0.6 is 0 Å². The van der Waals surface area contributed by atoms with Crippen LogP contribution in [-0.2, 0) is 10.0 Å². The number of aryl methyl sites for hydroxylation is 1. The van der Waals surface area contributed by atoms with E-state index < -0.39 is 10.0 Å². The molecule has 0 aromatic heterocycles. The van der Waals surface area contributed by atoms with Crippen molar-refractivity contribution in [2.45, 2.75) is 25.2 Å². The van der Waals surface area contributed by atoms with Crippen LogP contribution in [0, 0.1) is 12.8 Å². The summed E-state index contributed by atoms with van der Waals surface area (Å²) in [5.41, 5.74) is 1.26. The predicted octanol–water partition coefficient (Wildman–Crippen LogP) is 0.975. The van der Waals surface area contributed by atoms with Crippen molar-refractivity contribution in [3.8, 4) is 0 Å². The summed E-state index contributed by atoms with van der Waals surface area (Å²) in [6.07, 6.45) is 0.973. The third-order valence-corrected chi connectivity index (χ3v) is 5.69. The summed E-state index contributed by atoms with van der Waals surface area (Å²) < 4.78 is 26.7. The second-order valence-corrected chi connectivity index (χ2v) is 7.71. The molecule has 0 radical (unpaired) electrons. The van der Waals surface area contributed by atoms with E-state index in [-0.39, 0.29) is 10.8 Å². The van der Waals surface area contributed by atoms with Gasteiger partial charge in [0.15, 0.2) is 0 Å². The lowest BCUT2D eigenvalue weighted by molar-refractivity contribution is 0.0786. The molecule has 1 fully saturated rings. The predicted molar refractivity (Wildman–Crippen MR) is 90.0 cm³/mol. The maximum atomic E-state index is 12.7. The molecule has 7 heteroatoms. The molecule has 128 valence electrons. The molecular formula is C16H25N3O3S. The van der Waals surface area contributed by atoms with E-state index in [0.717, 1.165) is 25.1 Å². The minimum Gasteiger partial charge on any atom is -0.338 e. The number of rotatable bonds is 6. The quantitative estimate of drug-likeness (QED) is 0.810. The number of amides is 1. The molecule has 1 aliphatic heterocycles. The van der Waals surface area contributed by atoms with Gasteiger partial charge in [-0.2, -0.15) is 0 Å². The van der Waals surface area contributed by atoms with Crippen LogP contribution < -0.4 is 10.0 Å². The molecule has 2 rings (SSSR count). The fourth-order valence-electron chi connectivity index (χ4n) is 2.91.